The van der Waals surface area contributed by atoms with Crippen LogP contribution in [0.3, 0.4) is 0 Å². The van der Waals surface area contributed by atoms with Crippen LogP contribution in [-0.2, 0) is 0 Å². The average Bonchev–Trinajstić information content (AvgIpc) is 2.31. The third-order valence-electron chi connectivity index (χ3n) is 2.43. The Hall–Kier alpha value is -1.60. The predicted octanol–water partition coefficient (Wildman–Crippen LogP) is 2.62. The van der Waals surface area contributed by atoms with Crippen LogP contribution in [0.5, 0.6) is 5.75 Å². The average molecular weight is 236 g/mol. The SMILES string of the molecule is CC(N)(C#N)CCCCOc1ccc(F)cc1. The number of hydrogen-bond acceptors (Lipinski definition) is 3. The lowest BCUT2D eigenvalue weighted by Crippen LogP contribution is -2.33. The number of unbranched alkanes of at least 4 members (excludes halogenated alkanes) is 1. The van der Waals surface area contributed by atoms with Crippen LogP contribution in [0.1, 0.15) is 26.2 Å². The van der Waals surface area contributed by atoms with Crippen LogP contribution in [0, 0.1) is 17.1 Å². The lowest BCUT2D eigenvalue weighted by atomic mass is 9.98. The molecule has 0 aliphatic rings. The van der Waals surface area contributed by atoms with E-state index in [9.17, 15) is 4.39 Å². The minimum atomic E-state index is -0.754. The van der Waals surface area contributed by atoms with Crippen molar-refractivity contribution in [2.24, 2.45) is 5.73 Å². The highest BCUT2D eigenvalue weighted by atomic mass is 19.1. The topological polar surface area (TPSA) is 59.0 Å². The van der Waals surface area contributed by atoms with Gasteiger partial charge in [-0.1, -0.05) is 0 Å². The standard InChI is InChI=1S/C13H17FN2O/c1-13(16,10-15)8-2-3-9-17-12-6-4-11(14)5-7-12/h4-7H,2-3,8-9,16H2,1H3. The van der Waals surface area contributed by atoms with Crippen molar-refractivity contribution in [1.82, 2.24) is 0 Å². The Morgan fingerprint density at radius 1 is 1.35 bits per heavy atom. The minimum absolute atomic E-state index is 0.273. The van der Waals surface area contributed by atoms with Gasteiger partial charge in [0.15, 0.2) is 0 Å². The molecule has 2 N–H and O–H groups in total. The Kier molecular flexibility index (Phi) is 4.92. The summed E-state index contributed by atoms with van der Waals surface area (Å²) in [6, 6.07) is 7.97. The van der Waals surface area contributed by atoms with Crippen LogP contribution in [0.4, 0.5) is 4.39 Å². The van der Waals surface area contributed by atoms with E-state index in [-0.39, 0.29) is 5.82 Å². The molecule has 0 aliphatic heterocycles. The van der Waals surface area contributed by atoms with Crippen molar-refractivity contribution in [1.29, 1.82) is 5.26 Å². The maximum Gasteiger partial charge on any atom is 0.123 e. The summed E-state index contributed by atoms with van der Waals surface area (Å²) in [5.41, 5.74) is 4.93. The molecule has 92 valence electrons. The number of rotatable bonds is 6. The molecule has 1 atom stereocenters. The summed E-state index contributed by atoms with van der Waals surface area (Å²) in [6.45, 7) is 2.26. The van der Waals surface area contributed by atoms with E-state index in [4.69, 9.17) is 15.7 Å². The fraction of sp³-hybridized carbons (Fsp3) is 0.462. The van der Waals surface area contributed by atoms with Gasteiger partial charge in [-0.25, -0.2) is 4.39 Å². The van der Waals surface area contributed by atoms with Gasteiger partial charge >= 0.3 is 0 Å². The number of nitriles is 1. The molecule has 0 radical (unpaired) electrons. The molecule has 1 aromatic carbocycles. The van der Waals surface area contributed by atoms with Gasteiger partial charge in [0.1, 0.15) is 17.1 Å². The summed E-state index contributed by atoms with van der Waals surface area (Å²) >= 11 is 0. The zero-order valence-electron chi connectivity index (χ0n) is 9.95. The maximum absolute atomic E-state index is 12.6. The molecule has 0 spiro atoms. The number of benzene rings is 1. The summed E-state index contributed by atoms with van der Waals surface area (Å²) in [6.07, 6.45) is 2.31. The first-order valence-electron chi connectivity index (χ1n) is 5.62. The van der Waals surface area contributed by atoms with Gasteiger partial charge in [-0.2, -0.15) is 5.26 Å². The summed E-state index contributed by atoms with van der Waals surface area (Å²) in [5, 5.41) is 8.71. The highest BCUT2D eigenvalue weighted by Gasteiger charge is 2.15. The van der Waals surface area contributed by atoms with E-state index in [0.29, 0.717) is 18.8 Å². The lowest BCUT2D eigenvalue weighted by Gasteiger charge is -2.14. The zero-order chi connectivity index (χ0) is 12.7. The van der Waals surface area contributed by atoms with Crippen LogP contribution in [0.25, 0.3) is 0 Å². The molecule has 3 nitrogen and oxygen atoms in total. The largest absolute Gasteiger partial charge is 0.494 e. The van der Waals surface area contributed by atoms with Crippen LogP contribution in [0.2, 0.25) is 0 Å². The second kappa shape index (κ2) is 6.21. The Labute approximate surface area is 101 Å². The predicted molar refractivity (Wildman–Crippen MR) is 64.0 cm³/mol. The summed E-state index contributed by atoms with van der Waals surface area (Å²) < 4.78 is 18.0. The lowest BCUT2D eigenvalue weighted by molar-refractivity contribution is 0.300. The van der Waals surface area contributed by atoms with E-state index in [1.807, 2.05) is 0 Å². The first-order valence-corrected chi connectivity index (χ1v) is 5.62. The summed E-state index contributed by atoms with van der Waals surface area (Å²) in [5.74, 6) is 0.382. The van der Waals surface area contributed by atoms with E-state index >= 15 is 0 Å². The van der Waals surface area contributed by atoms with E-state index in [0.717, 1.165) is 12.8 Å². The molecule has 0 aromatic heterocycles. The van der Waals surface area contributed by atoms with E-state index < -0.39 is 5.54 Å². The molecule has 4 heteroatoms. The van der Waals surface area contributed by atoms with E-state index in [1.54, 1.807) is 19.1 Å². The fourth-order valence-corrected chi connectivity index (χ4v) is 1.37. The fourth-order valence-electron chi connectivity index (χ4n) is 1.37. The van der Waals surface area contributed by atoms with Gasteiger partial charge in [0.25, 0.3) is 0 Å². The number of ether oxygens (including phenoxy) is 1. The van der Waals surface area contributed by atoms with Crippen molar-refractivity contribution >= 4 is 0 Å². The molecule has 0 amide bonds. The molecular formula is C13H17FN2O. The molecule has 0 fully saturated rings. The van der Waals surface area contributed by atoms with Crippen molar-refractivity contribution < 1.29 is 9.13 Å². The Bertz CT molecular complexity index is 381. The Morgan fingerprint density at radius 2 is 2.00 bits per heavy atom. The highest BCUT2D eigenvalue weighted by molar-refractivity contribution is 5.21. The first kappa shape index (κ1) is 13.5. The van der Waals surface area contributed by atoms with Crippen molar-refractivity contribution in [2.45, 2.75) is 31.7 Å². The summed E-state index contributed by atoms with van der Waals surface area (Å²) in [7, 11) is 0. The molecule has 0 saturated heterocycles. The molecule has 1 aromatic rings. The monoisotopic (exact) mass is 236 g/mol. The number of nitrogens with zero attached hydrogens (tertiary/aromatic N) is 1. The molecule has 0 aliphatic carbocycles. The maximum atomic E-state index is 12.6. The molecule has 1 rings (SSSR count). The van der Waals surface area contributed by atoms with Crippen LogP contribution in [-0.4, -0.2) is 12.1 Å². The second-order valence-electron chi connectivity index (χ2n) is 4.29. The smallest absolute Gasteiger partial charge is 0.123 e. The van der Waals surface area contributed by atoms with Crippen molar-refractivity contribution in [3.63, 3.8) is 0 Å². The first-order chi connectivity index (χ1) is 8.03. The van der Waals surface area contributed by atoms with Gasteiger partial charge in [-0.15, -0.1) is 0 Å². The van der Waals surface area contributed by atoms with E-state index in [2.05, 4.69) is 6.07 Å². The molecule has 0 saturated carbocycles. The molecule has 17 heavy (non-hydrogen) atoms. The quantitative estimate of drug-likeness (QED) is 0.772. The molecule has 0 bridgehead atoms. The van der Waals surface area contributed by atoms with Gasteiger partial charge in [0.2, 0.25) is 0 Å². The number of nitrogens with two attached hydrogens (primary N) is 1. The summed E-state index contributed by atoms with van der Waals surface area (Å²) in [4.78, 5) is 0. The molecule has 1 unspecified atom stereocenters. The third-order valence-corrected chi connectivity index (χ3v) is 2.43. The molecular weight excluding hydrogens is 219 g/mol. The highest BCUT2D eigenvalue weighted by Crippen LogP contribution is 2.13. The van der Waals surface area contributed by atoms with Gasteiger partial charge in [-0.05, 0) is 50.5 Å². The van der Waals surface area contributed by atoms with Crippen LogP contribution < -0.4 is 10.5 Å². The van der Waals surface area contributed by atoms with Crippen LogP contribution in [0.15, 0.2) is 24.3 Å². The zero-order valence-corrected chi connectivity index (χ0v) is 9.95. The van der Waals surface area contributed by atoms with Gasteiger partial charge in [0.05, 0.1) is 12.7 Å². The number of hydrogen-bond donors (Lipinski definition) is 1. The Balaban J connectivity index is 2.17. The Morgan fingerprint density at radius 3 is 2.59 bits per heavy atom. The van der Waals surface area contributed by atoms with Gasteiger partial charge in [0, 0.05) is 0 Å². The normalized spacial score (nSPS) is 13.8. The van der Waals surface area contributed by atoms with Crippen molar-refractivity contribution in [2.75, 3.05) is 6.61 Å². The number of halogens is 1. The molecule has 0 heterocycles. The van der Waals surface area contributed by atoms with E-state index in [1.165, 1.54) is 12.1 Å². The van der Waals surface area contributed by atoms with Crippen molar-refractivity contribution in [3.8, 4) is 11.8 Å². The second-order valence-corrected chi connectivity index (χ2v) is 4.29. The third kappa shape index (κ3) is 5.32. The van der Waals surface area contributed by atoms with Gasteiger partial charge < -0.3 is 10.5 Å². The minimum Gasteiger partial charge on any atom is -0.494 e. The van der Waals surface area contributed by atoms with Gasteiger partial charge in [-0.3, -0.25) is 0 Å². The van der Waals surface area contributed by atoms with Crippen molar-refractivity contribution in [3.05, 3.63) is 30.1 Å². The van der Waals surface area contributed by atoms with Crippen LogP contribution >= 0.6 is 0 Å².